The monoisotopic (exact) mass is 431 g/mol. The Morgan fingerprint density at radius 2 is 1.69 bits per heavy atom. The minimum absolute atomic E-state index is 0.0151. The van der Waals surface area contributed by atoms with Gasteiger partial charge in [-0.25, -0.2) is 15.0 Å². The summed E-state index contributed by atoms with van der Waals surface area (Å²) in [5, 5.41) is 0. The van der Waals surface area contributed by atoms with E-state index in [0.29, 0.717) is 6.54 Å². The van der Waals surface area contributed by atoms with E-state index in [-0.39, 0.29) is 12.5 Å². The van der Waals surface area contributed by atoms with Crippen molar-refractivity contribution >= 4 is 17.7 Å². The number of aryl methyl sites for hydroxylation is 1. The van der Waals surface area contributed by atoms with Crippen molar-refractivity contribution in [1.29, 1.82) is 0 Å². The maximum absolute atomic E-state index is 11.7. The lowest BCUT2D eigenvalue weighted by molar-refractivity contribution is -0.128. The molecule has 4 rings (SSSR count). The third-order valence-electron chi connectivity index (χ3n) is 5.68. The van der Waals surface area contributed by atoms with E-state index in [2.05, 4.69) is 43.0 Å². The van der Waals surface area contributed by atoms with Crippen LogP contribution >= 0.6 is 0 Å². The van der Waals surface area contributed by atoms with Crippen LogP contribution in [0.4, 0.5) is 11.8 Å². The number of amides is 1. The third kappa shape index (κ3) is 5.03. The second kappa shape index (κ2) is 9.74. The number of aromatic nitrogens is 3. The summed E-state index contributed by atoms with van der Waals surface area (Å²) in [6.07, 6.45) is 3.73. The summed E-state index contributed by atoms with van der Waals surface area (Å²) in [7, 11) is 1.76. The van der Waals surface area contributed by atoms with Crippen molar-refractivity contribution in [3.8, 4) is 11.1 Å². The summed E-state index contributed by atoms with van der Waals surface area (Å²) in [5.41, 5.74) is 9.50. The van der Waals surface area contributed by atoms with E-state index < -0.39 is 0 Å². The van der Waals surface area contributed by atoms with Gasteiger partial charge in [-0.3, -0.25) is 4.79 Å². The standard InChI is InChI=1S/C24H29N7O/c1-18-5-3-8-22(28-18)30-9-11-31(12-10-30)24-26-15-21(16-27-24)20-7-4-6-19(13-20)17-29(2)23(32)14-25/h3-8,13,15-16H,9-12,14,17,25H2,1-2H3. The van der Waals surface area contributed by atoms with Gasteiger partial charge in [0.1, 0.15) is 5.82 Å². The molecule has 166 valence electrons. The molecule has 0 spiro atoms. The molecule has 2 aromatic heterocycles. The van der Waals surface area contributed by atoms with Gasteiger partial charge in [-0.1, -0.05) is 24.3 Å². The van der Waals surface area contributed by atoms with Crippen LogP contribution in [-0.2, 0) is 11.3 Å². The van der Waals surface area contributed by atoms with Crippen LogP contribution in [0.25, 0.3) is 11.1 Å². The quantitative estimate of drug-likeness (QED) is 0.639. The molecular formula is C24H29N7O. The number of piperazine rings is 1. The number of rotatable bonds is 6. The van der Waals surface area contributed by atoms with Gasteiger partial charge in [0, 0.05) is 63.4 Å². The number of nitrogens with zero attached hydrogens (tertiary/aromatic N) is 6. The lowest BCUT2D eigenvalue weighted by Gasteiger charge is -2.35. The summed E-state index contributed by atoms with van der Waals surface area (Å²) in [6, 6.07) is 14.2. The zero-order valence-electron chi connectivity index (χ0n) is 18.6. The van der Waals surface area contributed by atoms with Crippen LogP contribution in [0.15, 0.2) is 54.9 Å². The smallest absolute Gasteiger partial charge is 0.236 e. The number of carbonyl (C=O) groups is 1. The van der Waals surface area contributed by atoms with Crippen molar-refractivity contribution in [2.24, 2.45) is 5.73 Å². The van der Waals surface area contributed by atoms with Gasteiger partial charge in [0.2, 0.25) is 11.9 Å². The molecule has 0 saturated carbocycles. The average Bonchev–Trinajstić information content (AvgIpc) is 2.84. The van der Waals surface area contributed by atoms with Gasteiger partial charge in [0.15, 0.2) is 0 Å². The van der Waals surface area contributed by atoms with E-state index in [4.69, 9.17) is 5.73 Å². The Hall–Kier alpha value is -3.52. The fourth-order valence-electron chi connectivity index (χ4n) is 3.84. The van der Waals surface area contributed by atoms with Crippen LogP contribution in [0, 0.1) is 6.92 Å². The molecule has 0 atom stereocenters. The van der Waals surface area contributed by atoms with Gasteiger partial charge in [-0.15, -0.1) is 0 Å². The van der Waals surface area contributed by atoms with Crippen molar-refractivity contribution in [2.45, 2.75) is 13.5 Å². The number of benzene rings is 1. The van der Waals surface area contributed by atoms with Crippen LogP contribution in [0.3, 0.4) is 0 Å². The van der Waals surface area contributed by atoms with Gasteiger partial charge in [-0.05, 0) is 36.2 Å². The molecule has 32 heavy (non-hydrogen) atoms. The van der Waals surface area contributed by atoms with E-state index in [1.54, 1.807) is 11.9 Å². The lowest BCUT2D eigenvalue weighted by atomic mass is 10.1. The first-order valence-electron chi connectivity index (χ1n) is 10.8. The molecule has 8 nitrogen and oxygen atoms in total. The number of likely N-dealkylation sites (N-methyl/N-ethyl adjacent to an activating group) is 1. The Morgan fingerprint density at radius 1 is 1.00 bits per heavy atom. The first-order valence-corrected chi connectivity index (χ1v) is 10.8. The Kier molecular flexibility index (Phi) is 6.61. The topological polar surface area (TPSA) is 91.5 Å². The fraction of sp³-hybridized carbons (Fsp3) is 0.333. The van der Waals surface area contributed by atoms with Crippen molar-refractivity contribution in [3.05, 3.63) is 66.1 Å². The molecule has 0 bridgehead atoms. The molecule has 3 heterocycles. The van der Waals surface area contributed by atoms with Gasteiger partial charge in [-0.2, -0.15) is 0 Å². The highest BCUT2D eigenvalue weighted by Crippen LogP contribution is 2.22. The van der Waals surface area contributed by atoms with Crippen molar-refractivity contribution in [2.75, 3.05) is 49.6 Å². The highest BCUT2D eigenvalue weighted by Gasteiger charge is 2.20. The Morgan fingerprint density at radius 3 is 2.38 bits per heavy atom. The van der Waals surface area contributed by atoms with Crippen LogP contribution in [-0.4, -0.2) is 65.5 Å². The van der Waals surface area contributed by atoms with Crippen LogP contribution in [0.2, 0.25) is 0 Å². The Labute approximate surface area is 188 Å². The molecule has 1 aromatic carbocycles. The van der Waals surface area contributed by atoms with Crippen molar-refractivity contribution in [1.82, 2.24) is 19.9 Å². The Bertz CT molecular complexity index is 1060. The molecule has 3 aromatic rings. The molecule has 1 amide bonds. The fourth-order valence-corrected chi connectivity index (χ4v) is 3.84. The normalized spacial score (nSPS) is 13.8. The number of nitrogens with two attached hydrogens (primary N) is 1. The maximum Gasteiger partial charge on any atom is 0.236 e. The summed E-state index contributed by atoms with van der Waals surface area (Å²) in [6.45, 7) is 6.03. The summed E-state index contributed by atoms with van der Waals surface area (Å²) in [5.74, 6) is 1.69. The first kappa shape index (κ1) is 21.7. The van der Waals surface area contributed by atoms with E-state index in [1.807, 2.05) is 43.6 Å². The van der Waals surface area contributed by atoms with Gasteiger partial charge >= 0.3 is 0 Å². The molecular weight excluding hydrogens is 402 g/mol. The second-order valence-corrected chi connectivity index (χ2v) is 8.04. The lowest BCUT2D eigenvalue weighted by Crippen LogP contribution is -2.47. The maximum atomic E-state index is 11.7. The van der Waals surface area contributed by atoms with E-state index in [0.717, 1.165) is 60.3 Å². The molecule has 8 heteroatoms. The predicted molar refractivity (Wildman–Crippen MR) is 126 cm³/mol. The average molecular weight is 432 g/mol. The number of hydrogen-bond donors (Lipinski definition) is 1. The van der Waals surface area contributed by atoms with Crippen LogP contribution in [0.5, 0.6) is 0 Å². The van der Waals surface area contributed by atoms with Crippen LogP contribution < -0.4 is 15.5 Å². The molecule has 1 saturated heterocycles. The largest absolute Gasteiger partial charge is 0.353 e. The first-order chi connectivity index (χ1) is 15.5. The summed E-state index contributed by atoms with van der Waals surface area (Å²) in [4.78, 5) is 31.8. The third-order valence-corrected chi connectivity index (χ3v) is 5.68. The van der Waals surface area contributed by atoms with Gasteiger partial charge in [0.05, 0.1) is 6.54 Å². The van der Waals surface area contributed by atoms with E-state index in [9.17, 15) is 4.79 Å². The predicted octanol–water partition coefficient (Wildman–Crippen LogP) is 2.09. The van der Waals surface area contributed by atoms with E-state index in [1.165, 1.54) is 0 Å². The molecule has 1 fully saturated rings. The summed E-state index contributed by atoms with van der Waals surface area (Å²) >= 11 is 0. The summed E-state index contributed by atoms with van der Waals surface area (Å²) < 4.78 is 0. The van der Waals surface area contributed by atoms with Crippen LogP contribution in [0.1, 0.15) is 11.3 Å². The molecule has 0 unspecified atom stereocenters. The number of anilines is 2. The Balaban J connectivity index is 1.40. The SMILES string of the molecule is Cc1cccc(N2CCN(c3ncc(-c4cccc(CN(C)C(=O)CN)c4)cn3)CC2)n1. The molecule has 1 aliphatic heterocycles. The molecule has 0 aliphatic carbocycles. The number of carbonyl (C=O) groups excluding carboxylic acids is 1. The molecule has 0 radical (unpaired) electrons. The number of pyridine rings is 1. The zero-order valence-corrected chi connectivity index (χ0v) is 18.6. The zero-order chi connectivity index (χ0) is 22.5. The number of hydrogen-bond acceptors (Lipinski definition) is 7. The minimum atomic E-state index is -0.0821. The van der Waals surface area contributed by atoms with E-state index >= 15 is 0 Å². The minimum Gasteiger partial charge on any atom is -0.353 e. The highest BCUT2D eigenvalue weighted by molar-refractivity contribution is 5.77. The second-order valence-electron chi connectivity index (χ2n) is 8.04. The van der Waals surface area contributed by atoms with Crippen molar-refractivity contribution < 1.29 is 4.79 Å². The van der Waals surface area contributed by atoms with Crippen molar-refractivity contribution in [3.63, 3.8) is 0 Å². The van der Waals surface area contributed by atoms with Gasteiger partial charge in [0.25, 0.3) is 0 Å². The van der Waals surface area contributed by atoms with Gasteiger partial charge < -0.3 is 20.4 Å². The highest BCUT2D eigenvalue weighted by atomic mass is 16.2. The molecule has 1 aliphatic rings. The molecule has 2 N–H and O–H groups in total.